The van der Waals surface area contributed by atoms with Crippen molar-refractivity contribution in [2.75, 3.05) is 13.2 Å². The second-order valence-electron chi connectivity index (χ2n) is 6.06. The first-order valence-corrected chi connectivity index (χ1v) is 7.42. The number of rotatable bonds is 8. The normalized spacial score (nSPS) is 16.6. The molecule has 1 rings (SSSR count). The fraction of sp³-hybridized carbons (Fsp3) is 0.867. The molecular weight excluding hydrogens is 242 g/mol. The lowest BCUT2D eigenvalue weighted by Gasteiger charge is -2.26. The number of aliphatic hydroxyl groups excluding tert-OH is 1. The molecule has 0 radical (unpaired) electrons. The van der Waals surface area contributed by atoms with Crippen molar-refractivity contribution in [2.45, 2.75) is 71.3 Å². The van der Waals surface area contributed by atoms with Gasteiger partial charge in [-0.25, -0.2) is 0 Å². The molecule has 112 valence electrons. The van der Waals surface area contributed by atoms with Crippen molar-refractivity contribution >= 4 is 0 Å². The molecule has 0 saturated heterocycles. The van der Waals surface area contributed by atoms with Gasteiger partial charge in [0.25, 0.3) is 0 Å². The molecule has 0 aromatic heterocycles. The Balaban J connectivity index is 2.37. The molecule has 1 aliphatic rings. The number of nitrogens with one attached hydrogen (secondary N) is 1. The quantitative estimate of drug-likeness (QED) is 0.525. The first-order chi connectivity index (χ1) is 9.03. The molecule has 0 amide bonds. The van der Waals surface area contributed by atoms with E-state index in [-0.39, 0.29) is 12.2 Å². The van der Waals surface area contributed by atoms with Gasteiger partial charge in [-0.1, -0.05) is 0 Å². The Morgan fingerprint density at radius 2 is 1.84 bits per heavy atom. The minimum Gasteiger partial charge on any atom is -0.496 e. The van der Waals surface area contributed by atoms with Crippen LogP contribution in [0.4, 0.5) is 0 Å². The van der Waals surface area contributed by atoms with Gasteiger partial charge >= 0.3 is 0 Å². The summed E-state index contributed by atoms with van der Waals surface area (Å²) in [6.45, 7) is 7.08. The molecule has 1 aliphatic carbocycles. The van der Waals surface area contributed by atoms with E-state index < -0.39 is 0 Å². The minimum absolute atomic E-state index is 0.198. The molecule has 0 spiro atoms. The Labute approximate surface area is 117 Å². The van der Waals surface area contributed by atoms with Crippen LogP contribution in [0.25, 0.3) is 0 Å². The van der Waals surface area contributed by atoms with E-state index in [4.69, 9.17) is 14.7 Å². The number of unbranched alkanes of at least 4 members (excludes halogenated alkanes) is 2. The van der Waals surface area contributed by atoms with Crippen LogP contribution in [-0.4, -0.2) is 23.9 Å². The van der Waals surface area contributed by atoms with Crippen molar-refractivity contribution < 1.29 is 14.7 Å². The molecule has 0 aromatic rings. The number of hydrogen-bond donors (Lipinski definition) is 2. The van der Waals surface area contributed by atoms with Crippen molar-refractivity contribution in [3.63, 3.8) is 0 Å². The maximum absolute atomic E-state index is 8.73. The van der Waals surface area contributed by atoms with Crippen LogP contribution in [0.2, 0.25) is 0 Å². The molecule has 0 fully saturated rings. The van der Waals surface area contributed by atoms with Gasteiger partial charge in [0, 0.05) is 13.0 Å². The number of allylic oxidation sites excluding steroid dienone is 2. The van der Waals surface area contributed by atoms with Crippen LogP contribution in [0.5, 0.6) is 0 Å². The van der Waals surface area contributed by atoms with Crippen LogP contribution in [0.15, 0.2) is 11.5 Å². The van der Waals surface area contributed by atoms with Crippen LogP contribution >= 0.6 is 0 Å². The fourth-order valence-electron chi connectivity index (χ4n) is 1.95. The molecule has 0 unspecified atom stereocenters. The zero-order chi connectivity index (χ0) is 14.1. The van der Waals surface area contributed by atoms with Gasteiger partial charge in [0.1, 0.15) is 5.76 Å². The summed E-state index contributed by atoms with van der Waals surface area (Å²) in [5.41, 5.74) is 3.98. The van der Waals surface area contributed by atoms with Crippen molar-refractivity contribution in [1.82, 2.24) is 5.48 Å². The maximum Gasteiger partial charge on any atom is 0.117 e. The third-order valence-corrected chi connectivity index (χ3v) is 2.98. The van der Waals surface area contributed by atoms with Gasteiger partial charge in [0.15, 0.2) is 0 Å². The maximum atomic E-state index is 8.73. The summed E-state index contributed by atoms with van der Waals surface area (Å²) in [6, 6.07) is 0. The fourth-order valence-corrected chi connectivity index (χ4v) is 1.95. The van der Waals surface area contributed by atoms with Gasteiger partial charge < -0.3 is 9.84 Å². The second kappa shape index (κ2) is 8.43. The lowest BCUT2D eigenvalue weighted by molar-refractivity contribution is -0.0623. The molecule has 0 aliphatic heterocycles. The molecule has 0 heterocycles. The number of hydroxylamine groups is 1. The van der Waals surface area contributed by atoms with E-state index in [2.05, 4.69) is 5.48 Å². The lowest BCUT2D eigenvalue weighted by Crippen LogP contribution is -2.30. The lowest BCUT2D eigenvalue weighted by atomic mass is 10.0. The van der Waals surface area contributed by atoms with Crippen molar-refractivity contribution in [3.05, 3.63) is 11.5 Å². The molecule has 0 aromatic carbocycles. The van der Waals surface area contributed by atoms with Crippen LogP contribution in [-0.2, 0) is 9.57 Å². The summed E-state index contributed by atoms with van der Waals surface area (Å²) in [7, 11) is 0. The summed E-state index contributed by atoms with van der Waals surface area (Å²) >= 11 is 0. The SMILES string of the molecule is CC(C)(C)ONC1=C(OCCCCCO)CCCC1. The third-order valence-electron chi connectivity index (χ3n) is 2.98. The van der Waals surface area contributed by atoms with Crippen LogP contribution in [0, 0.1) is 0 Å². The average Bonchev–Trinajstić information content (AvgIpc) is 2.36. The monoisotopic (exact) mass is 271 g/mol. The molecule has 2 N–H and O–H groups in total. The number of hydrogen-bond acceptors (Lipinski definition) is 4. The van der Waals surface area contributed by atoms with E-state index in [0.29, 0.717) is 0 Å². The molecule has 0 atom stereocenters. The van der Waals surface area contributed by atoms with Crippen molar-refractivity contribution in [3.8, 4) is 0 Å². The molecule has 4 nitrogen and oxygen atoms in total. The second-order valence-corrected chi connectivity index (χ2v) is 6.06. The Morgan fingerprint density at radius 1 is 1.11 bits per heavy atom. The van der Waals surface area contributed by atoms with E-state index >= 15 is 0 Å². The molecule has 0 bridgehead atoms. The predicted octanol–water partition coefficient (Wildman–Crippen LogP) is 3.27. The van der Waals surface area contributed by atoms with E-state index in [1.54, 1.807) is 0 Å². The molecule has 19 heavy (non-hydrogen) atoms. The van der Waals surface area contributed by atoms with Crippen molar-refractivity contribution in [1.29, 1.82) is 0 Å². The van der Waals surface area contributed by atoms with E-state index in [1.807, 2.05) is 20.8 Å². The Bertz CT molecular complexity index is 282. The highest BCUT2D eigenvalue weighted by molar-refractivity contribution is 5.08. The largest absolute Gasteiger partial charge is 0.496 e. The summed E-state index contributed by atoms with van der Waals surface area (Å²) in [6.07, 6.45) is 7.25. The first kappa shape index (κ1) is 16.3. The van der Waals surface area contributed by atoms with Gasteiger partial charge in [-0.2, -0.15) is 0 Å². The van der Waals surface area contributed by atoms with Gasteiger partial charge in [0.05, 0.1) is 17.9 Å². The molecule has 4 heteroatoms. The van der Waals surface area contributed by atoms with Crippen LogP contribution in [0.3, 0.4) is 0 Å². The Morgan fingerprint density at radius 3 is 2.53 bits per heavy atom. The Hall–Kier alpha value is -0.740. The summed E-state index contributed by atoms with van der Waals surface area (Å²) < 4.78 is 5.86. The smallest absolute Gasteiger partial charge is 0.117 e. The van der Waals surface area contributed by atoms with E-state index in [1.165, 1.54) is 12.8 Å². The number of ether oxygens (including phenoxy) is 1. The molecule has 0 saturated carbocycles. The average molecular weight is 271 g/mol. The first-order valence-electron chi connectivity index (χ1n) is 7.42. The predicted molar refractivity (Wildman–Crippen MR) is 76.4 cm³/mol. The highest BCUT2D eigenvalue weighted by Gasteiger charge is 2.17. The zero-order valence-corrected chi connectivity index (χ0v) is 12.6. The molecular formula is C15H29NO3. The van der Waals surface area contributed by atoms with Gasteiger partial charge in [-0.05, 0) is 59.3 Å². The van der Waals surface area contributed by atoms with Crippen LogP contribution < -0.4 is 5.48 Å². The summed E-state index contributed by atoms with van der Waals surface area (Å²) in [4.78, 5) is 5.62. The summed E-state index contributed by atoms with van der Waals surface area (Å²) in [5, 5.41) is 8.73. The van der Waals surface area contributed by atoms with Crippen molar-refractivity contribution in [2.24, 2.45) is 0 Å². The van der Waals surface area contributed by atoms with E-state index in [0.717, 1.165) is 50.2 Å². The topological polar surface area (TPSA) is 50.7 Å². The highest BCUT2D eigenvalue weighted by atomic mass is 16.7. The van der Waals surface area contributed by atoms with Gasteiger partial charge in [0.2, 0.25) is 0 Å². The summed E-state index contributed by atoms with van der Waals surface area (Å²) in [5.74, 6) is 1.06. The minimum atomic E-state index is -0.198. The Kier molecular flexibility index (Phi) is 7.24. The zero-order valence-electron chi connectivity index (χ0n) is 12.6. The number of aliphatic hydroxyl groups is 1. The van der Waals surface area contributed by atoms with Gasteiger partial charge in [-0.3, -0.25) is 10.3 Å². The van der Waals surface area contributed by atoms with E-state index in [9.17, 15) is 0 Å². The van der Waals surface area contributed by atoms with Gasteiger partial charge in [-0.15, -0.1) is 0 Å². The third kappa shape index (κ3) is 7.43. The standard InChI is InChI=1S/C15H29NO3/c1-15(2,3)19-16-13-9-5-6-10-14(13)18-12-8-4-7-11-17/h16-17H,4-12H2,1-3H3. The highest BCUT2D eigenvalue weighted by Crippen LogP contribution is 2.24. The van der Waals surface area contributed by atoms with Crippen LogP contribution in [0.1, 0.15) is 65.7 Å².